The van der Waals surface area contributed by atoms with Gasteiger partial charge < -0.3 is 11.1 Å². The van der Waals surface area contributed by atoms with E-state index in [1.165, 1.54) is 12.1 Å². The molecule has 1 heterocycles. The molecule has 0 radical (unpaired) electrons. The third kappa shape index (κ3) is 4.20. The van der Waals surface area contributed by atoms with Crippen molar-refractivity contribution in [1.82, 2.24) is 10.3 Å². The minimum Gasteiger partial charge on any atom is -0.370 e. The smallest absolute Gasteiger partial charge is 0.254 e. The SMILES string of the molecule is CC(CC(N)=O)NC(=O)c1ccc(Cl)nc1Cl. The Hall–Kier alpha value is -1.33. The standard InChI is InChI=1S/C10H11Cl2N3O2/c1-5(4-8(13)16)14-10(17)6-2-3-7(11)15-9(6)12/h2-3,5H,4H2,1H3,(H2,13,16)(H,14,17). The van der Waals surface area contributed by atoms with Crippen molar-refractivity contribution < 1.29 is 9.59 Å². The van der Waals surface area contributed by atoms with E-state index in [4.69, 9.17) is 28.9 Å². The van der Waals surface area contributed by atoms with Gasteiger partial charge in [-0.1, -0.05) is 23.2 Å². The summed E-state index contributed by atoms with van der Waals surface area (Å²) in [6.07, 6.45) is 0.0599. The molecule has 0 bridgehead atoms. The van der Waals surface area contributed by atoms with Crippen LogP contribution >= 0.6 is 23.2 Å². The normalized spacial score (nSPS) is 11.9. The van der Waals surface area contributed by atoms with Crippen LogP contribution in [0.25, 0.3) is 0 Å². The van der Waals surface area contributed by atoms with Crippen LogP contribution in [-0.4, -0.2) is 22.8 Å². The Bertz CT molecular complexity index is 451. The highest BCUT2D eigenvalue weighted by atomic mass is 35.5. The fraction of sp³-hybridized carbons (Fsp3) is 0.300. The van der Waals surface area contributed by atoms with Crippen molar-refractivity contribution in [3.63, 3.8) is 0 Å². The number of halogens is 2. The van der Waals surface area contributed by atoms with Gasteiger partial charge in [-0.2, -0.15) is 0 Å². The molecule has 0 aliphatic rings. The van der Waals surface area contributed by atoms with Crippen molar-refractivity contribution in [2.45, 2.75) is 19.4 Å². The summed E-state index contributed by atoms with van der Waals surface area (Å²) in [5.41, 5.74) is 5.21. The monoisotopic (exact) mass is 275 g/mol. The molecular weight excluding hydrogens is 265 g/mol. The van der Waals surface area contributed by atoms with Gasteiger partial charge in [-0.05, 0) is 19.1 Å². The van der Waals surface area contributed by atoms with Crippen LogP contribution < -0.4 is 11.1 Å². The van der Waals surface area contributed by atoms with Gasteiger partial charge in [-0.25, -0.2) is 4.98 Å². The number of nitrogens with one attached hydrogen (secondary N) is 1. The van der Waals surface area contributed by atoms with Crippen molar-refractivity contribution in [3.8, 4) is 0 Å². The van der Waals surface area contributed by atoms with E-state index < -0.39 is 11.8 Å². The van der Waals surface area contributed by atoms with E-state index in [0.29, 0.717) is 0 Å². The third-order valence-corrected chi connectivity index (χ3v) is 2.44. The first kappa shape index (κ1) is 13.7. The second-order valence-electron chi connectivity index (χ2n) is 3.52. The average molecular weight is 276 g/mol. The van der Waals surface area contributed by atoms with Crippen LogP contribution in [0.4, 0.5) is 0 Å². The van der Waals surface area contributed by atoms with Gasteiger partial charge in [0.2, 0.25) is 5.91 Å². The molecule has 1 aromatic rings. The van der Waals surface area contributed by atoms with Crippen molar-refractivity contribution in [1.29, 1.82) is 0 Å². The maximum Gasteiger partial charge on any atom is 0.254 e. The molecule has 7 heteroatoms. The van der Waals surface area contributed by atoms with E-state index in [0.717, 1.165) is 0 Å². The molecule has 3 N–H and O–H groups in total. The van der Waals surface area contributed by atoms with E-state index in [1.807, 2.05) is 0 Å². The van der Waals surface area contributed by atoms with E-state index in [9.17, 15) is 9.59 Å². The topological polar surface area (TPSA) is 85.1 Å². The highest BCUT2D eigenvalue weighted by Crippen LogP contribution is 2.16. The summed E-state index contributed by atoms with van der Waals surface area (Å²) in [5.74, 6) is -0.911. The maximum atomic E-state index is 11.7. The number of nitrogens with zero attached hydrogens (tertiary/aromatic N) is 1. The minimum absolute atomic E-state index is 0.0151. The number of rotatable bonds is 4. The Morgan fingerprint density at radius 2 is 2.12 bits per heavy atom. The number of pyridine rings is 1. The van der Waals surface area contributed by atoms with E-state index >= 15 is 0 Å². The molecular formula is C10H11Cl2N3O2. The second kappa shape index (κ2) is 5.84. The first-order chi connectivity index (χ1) is 7.90. The number of carbonyl (C=O) groups excluding carboxylic acids is 2. The summed E-state index contributed by atoms with van der Waals surface area (Å²) < 4.78 is 0. The molecule has 92 valence electrons. The van der Waals surface area contributed by atoms with Gasteiger partial charge in [0.1, 0.15) is 10.3 Å². The zero-order valence-corrected chi connectivity index (χ0v) is 10.5. The summed E-state index contributed by atoms with van der Waals surface area (Å²) in [6, 6.07) is 2.55. The van der Waals surface area contributed by atoms with Gasteiger partial charge in [0.25, 0.3) is 5.91 Å². The van der Waals surface area contributed by atoms with Crippen LogP contribution in [0.3, 0.4) is 0 Å². The largest absolute Gasteiger partial charge is 0.370 e. The zero-order valence-electron chi connectivity index (χ0n) is 9.04. The maximum absolute atomic E-state index is 11.7. The molecule has 1 rings (SSSR count). The average Bonchev–Trinajstić information content (AvgIpc) is 2.15. The van der Waals surface area contributed by atoms with Gasteiger partial charge in [-0.15, -0.1) is 0 Å². The van der Waals surface area contributed by atoms with Crippen molar-refractivity contribution >= 4 is 35.0 Å². The minimum atomic E-state index is -0.488. The number of nitrogens with two attached hydrogens (primary N) is 1. The molecule has 1 atom stereocenters. The molecule has 0 aliphatic carbocycles. The van der Waals surface area contributed by atoms with Crippen LogP contribution in [0, 0.1) is 0 Å². The summed E-state index contributed by atoms with van der Waals surface area (Å²) >= 11 is 11.4. The van der Waals surface area contributed by atoms with Crippen LogP contribution in [0.1, 0.15) is 23.7 Å². The molecule has 2 amide bonds. The lowest BCUT2D eigenvalue weighted by Gasteiger charge is -2.12. The number of aromatic nitrogens is 1. The zero-order chi connectivity index (χ0) is 13.0. The van der Waals surface area contributed by atoms with Gasteiger partial charge in [0, 0.05) is 12.5 Å². The Morgan fingerprint density at radius 3 is 2.65 bits per heavy atom. The van der Waals surface area contributed by atoms with E-state index in [1.54, 1.807) is 6.92 Å². The predicted molar refractivity (Wildman–Crippen MR) is 65.0 cm³/mol. The van der Waals surface area contributed by atoms with Crippen LogP contribution in [0.15, 0.2) is 12.1 Å². The van der Waals surface area contributed by atoms with Crippen LogP contribution in [0.2, 0.25) is 10.3 Å². The molecule has 0 spiro atoms. The molecule has 5 nitrogen and oxygen atoms in total. The van der Waals surface area contributed by atoms with Crippen molar-refractivity contribution in [2.24, 2.45) is 5.73 Å². The van der Waals surface area contributed by atoms with Crippen LogP contribution in [-0.2, 0) is 4.79 Å². The molecule has 1 unspecified atom stereocenters. The lowest BCUT2D eigenvalue weighted by Crippen LogP contribution is -2.35. The summed E-state index contributed by atoms with van der Waals surface area (Å²) in [5, 5.41) is 2.80. The quantitative estimate of drug-likeness (QED) is 0.815. The molecule has 0 saturated carbocycles. The van der Waals surface area contributed by atoms with Gasteiger partial charge in [0.05, 0.1) is 5.56 Å². The molecule has 0 fully saturated rings. The number of amides is 2. The van der Waals surface area contributed by atoms with E-state index in [2.05, 4.69) is 10.3 Å². The third-order valence-electron chi connectivity index (χ3n) is 1.94. The number of carbonyl (C=O) groups is 2. The Labute approximate surface area is 108 Å². The second-order valence-corrected chi connectivity index (χ2v) is 4.26. The van der Waals surface area contributed by atoms with Crippen LogP contribution in [0.5, 0.6) is 0 Å². The lowest BCUT2D eigenvalue weighted by atomic mass is 10.2. The molecule has 17 heavy (non-hydrogen) atoms. The summed E-state index contributed by atoms with van der Waals surface area (Å²) in [4.78, 5) is 26.1. The molecule has 0 aromatic carbocycles. The number of primary amides is 1. The molecule has 1 aromatic heterocycles. The van der Waals surface area contributed by atoms with Gasteiger partial charge >= 0.3 is 0 Å². The number of hydrogen-bond donors (Lipinski definition) is 2. The van der Waals surface area contributed by atoms with E-state index in [-0.39, 0.29) is 28.3 Å². The highest BCUT2D eigenvalue weighted by Gasteiger charge is 2.15. The lowest BCUT2D eigenvalue weighted by molar-refractivity contribution is -0.118. The summed E-state index contributed by atoms with van der Waals surface area (Å²) in [7, 11) is 0. The molecule has 0 aliphatic heterocycles. The van der Waals surface area contributed by atoms with Crippen molar-refractivity contribution in [2.75, 3.05) is 0 Å². The number of hydrogen-bond acceptors (Lipinski definition) is 3. The predicted octanol–water partition coefficient (Wildman–Crippen LogP) is 1.38. The van der Waals surface area contributed by atoms with Gasteiger partial charge in [-0.3, -0.25) is 9.59 Å². The Morgan fingerprint density at radius 1 is 1.47 bits per heavy atom. The summed E-state index contributed by atoms with van der Waals surface area (Å²) in [6.45, 7) is 1.67. The highest BCUT2D eigenvalue weighted by molar-refractivity contribution is 6.34. The first-order valence-electron chi connectivity index (χ1n) is 4.81. The first-order valence-corrected chi connectivity index (χ1v) is 5.57. The Balaban J connectivity index is 2.73. The molecule has 0 saturated heterocycles. The fourth-order valence-electron chi connectivity index (χ4n) is 1.24. The van der Waals surface area contributed by atoms with Crippen molar-refractivity contribution in [3.05, 3.63) is 28.0 Å². The Kier molecular flexibility index (Phi) is 4.72. The van der Waals surface area contributed by atoms with Gasteiger partial charge in [0.15, 0.2) is 0 Å². The fourth-order valence-corrected chi connectivity index (χ4v) is 1.67.